The van der Waals surface area contributed by atoms with Crippen LogP contribution in [-0.4, -0.2) is 6.61 Å². The average molecular weight is 240 g/mol. The molecule has 0 aliphatic carbocycles. The number of benzene rings is 1. The van der Waals surface area contributed by atoms with E-state index >= 15 is 0 Å². The summed E-state index contributed by atoms with van der Waals surface area (Å²) < 4.78 is 11.0. The minimum absolute atomic E-state index is 0.156. The molecule has 1 aliphatic heterocycles. The van der Waals surface area contributed by atoms with Gasteiger partial charge in [0.05, 0.1) is 25.2 Å². The summed E-state index contributed by atoms with van der Waals surface area (Å²) in [6, 6.07) is 12.5. The molecule has 3 rings (SSSR count). The molecule has 2 nitrogen and oxygen atoms in total. The summed E-state index contributed by atoms with van der Waals surface area (Å²) in [6.45, 7) is 0.713. The van der Waals surface area contributed by atoms with Gasteiger partial charge < -0.3 is 9.15 Å². The van der Waals surface area contributed by atoms with Gasteiger partial charge in [0, 0.05) is 5.56 Å². The molecule has 92 valence electrons. The van der Waals surface area contributed by atoms with Crippen LogP contribution >= 0.6 is 0 Å². The van der Waals surface area contributed by atoms with Gasteiger partial charge in [-0.05, 0) is 30.0 Å². The Morgan fingerprint density at radius 1 is 1.11 bits per heavy atom. The average Bonchev–Trinajstić information content (AvgIpc) is 2.95. The van der Waals surface area contributed by atoms with E-state index in [0.29, 0.717) is 6.61 Å². The zero-order valence-electron chi connectivity index (χ0n) is 10.2. The Morgan fingerprint density at radius 2 is 2.00 bits per heavy atom. The highest BCUT2D eigenvalue weighted by Crippen LogP contribution is 2.28. The molecular formula is C16H16O2. The summed E-state index contributed by atoms with van der Waals surface area (Å²) in [5.74, 6) is 0. The zero-order chi connectivity index (χ0) is 12.2. The second kappa shape index (κ2) is 5.23. The van der Waals surface area contributed by atoms with Crippen molar-refractivity contribution in [3.05, 3.63) is 71.7 Å². The summed E-state index contributed by atoms with van der Waals surface area (Å²) in [4.78, 5) is 0. The number of ether oxygens (including phenoxy) is 1. The smallest absolute Gasteiger partial charge is 0.0960 e. The highest BCUT2D eigenvalue weighted by Gasteiger charge is 2.17. The van der Waals surface area contributed by atoms with Gasteiger partial charge >= 0.3 is 0 Å². The van der Waals surface area contributed by atoms with E-state index in [-0.39, 0.29) is 6.10 Å². The van der Waals surface area contributed by atoms with Gasteiger partial charge in [0.15, 0.2) is 0 Å². The minimum atomic E-state index is 0.156. The van der Waals surface area contributed by atoms with Crippen molar-refractivity contribution in [2.24, 2.45) is 0 Å². The fourth-order valence-corrected chi connectivity index (χ4v) is 2.28. The van der Waals surface area contributed by atoms with Crippen LogP contribution < -0.4 is 0 Å². The lowest BCUT2D eigenvalue weighted by atomic mass is 10.00. The number of hydrogen-bond donors (Lipinski definition) is 0. The van der Waals surface area contributed by atoms with E-state index in [4.69, 9.17) is 9.15 Å². The van der Waals surface area contributed by atoms with Gasteiger partial charge in [-0.1, -0.05) is 36.4 Å². The van der Waals surface area contributed by atoms with Crippen LogP contribution in [-0.2, 0) is 11.2 Å². The molecule has 2 heterocycles. The van der Waals surface area contributed by atoms with Gasteiger partial charge in [0.1, 0.15) is 0 Å². The molecule has 1 aliphatic rings. The van der Waals surface area contributed by atoms with Gasteiger partial charge in [0.25, 0.3) is 0 Å². The van der Waals surface area contributed by atoms with Crippen LogP contribution in [0.5, 0.6) is 0 Å². The molecule has 2 aromatic rings. The predicted octanol–water partition coefficient (Wildman–Crippen LogP) is 3.91. The molecule has 0 fully saturated rings. The molecule has 0 bridgehead atoms. The Labute approximate surface area is 107 Å². The van der Waals surface area contributed by atoms with Crippen molar-refractivity contribution in [1.29, 1.82) is 0 Å². The van der Waals surface area contributed by atoms with Crippen LogP contribution in [0.15, 0.2) is 65.0 Å². The van der Waals surface area contributed by atoms with Crippen molar-refractivity contribution in [3.8, 4) is 0 Å². The van der Waals surface area contributed by atoms with Crippen molar-refractivity contribution in [1.82, 2.24) is 0 Å². The maximum absolute atomic E-state index is 5.88. The molecular weight excluding hydrogens is 224 g/mol. The third kappa shape index (κ3) is 2.54. The molecule has 0 saturated carbocycles. The maximum Gasteiger partial charge on any atom is 0.0960 e. The Kier molecular flexibility index (Phi) is 3.29. The molecule has 1 aromatic carbocycles. The third-order valence-electron chi connectivity index (χ3n) is 3.28. The van der Waals surface area contributed by atoms with Crippen LogP contribution in [0.1, 0.15) is 23.7 Å². The lowest BCUT2D eigenvalue weighted by molar-refractivity contribution is 0.0601. The van der Waals surface area contributed by atoms with Crippen molar-refractivity contribution in [2.75, 3.05) is 6.61 Å². The van der Waals surface area contributed by atoms with E-state index in [1.54, 1.807) is 12.5 Å². The van der Waals surface area contributed by atoms with Gasteiger partial charge in [-0.25, -0.2) is 0 Å². The Bertz CT molecular complexity index is 511. The highest BCUT2D eigenvalue weighted by atomic mass is 16.5. The molecule has 0 saturated heterocycles. The van der Waals surface area contributed by atoms with Crippen molar-refractivity contribution < 1.29 is 9.15 Å². The summed E-state index contributed by atoms with van der Waals surface area (Å²) in [6.07, 6.45) is 7.83. The fourth-order valence-electron chi connectivity index (χ4n) is 2.28. The van der Waals surface area contributed by atoms with Crippen LogP contribution in [0, 0.1) is 0 Å². The van der Waals surface area contributed by atoms with Crippen molar-refractivity contribution in [2.45, 2.75) is 18.9 Å². The van der Waals surface area contributed by atoms with E-state index in [2.05, 4.69) is 30.3 Å². The topological polar surface area (TPSA) is 22.4 Å². The van der Waals surface area contributed by atoms with E-state index in [9.17, 15) is 0 Å². The molecule has 0 N–H and O–H groups in total. The highest BCUT2D eigenvalue weighted by molar-refractivity contribution is 5.24. The first-order chi connectivity index (χ1) is 8.92. The van der Waals surface area contributed by atoms with Gasteiger partial charge in [-0.2, -0.15) is 0 Å². The van der Waals surface area contributed by atoms with Crippen LogP contribution in [0.2, 0.25) is 0 Å². The molecule has 0 spiro atoms. The molecule has 2 heteroatoms. The van der Waals surface area contributed by atoms with Crippen molar-refractivity contribution >= 4 is 0 Å². The first-order valence-corrected chi connectivity index (χ1v) is 6.27. The first-order valence-electron chi connectivity index (χ1n) is 6.27. The predicted molar refractivity (Wildman–Crippen MR) is 70.2 cm³/mol. The quantitative estimate of drug-likeness (QED) is 0.759. The number of rotatable bonds is 3. The van der Waals surface area contributed by atoms with Crippen molar-refractivity contribution in [3.63, 3.8) is 0 Å². The van der Waals surface area contributed by atoms with Gasteiger partial charge in [-0.15, -0.1) is 0 Å². The number of hydrogen-bond acceptors (Lipinski definition) is 2. The van der Waals surface area contributed by atoms with Crippen LogP contribution in [0.25, 0.3) is 0 Å². The molecule has 1 atom stereocenters. The molecule has 0 radical (unpaired) electrons. The number of furan rings is 1. The molecule has 18 heavy (non-hydrogen) atoms. The summed E-state index contributed by atoms with van der Waals surface area (Å²) in [5.41, 5.74) is 3.83. The first kappa shape index (κ1) is 11.3. The zero-order valence-corrected chi connectivity index (χ0v) is 10.2. The minimum Gasteiger partial charge on any atom is -0.472 e. The molecule has 1 aromatic heterocycles. The maximum atomic E-state index is 5.88. The summed E-state index contributed by atoms with van der Waals surface area (Å²) in [7, 11) is 0. The third-order valence-corrected chi connectivity index (χ3v) is 3.28. The standard InChI is InChI=1S/C16H16O2/c1-2-4-13(5-3-1)10-14-6-7-16(18-11-14)15-8-9-17-12-15/h1-6,8-9,12,16H,7,10-11H2. The van der Waals surface area contributed by atoms with Gasteiger partial charge in [0.2, 0.25) is 0 Å². The van der Waals surface area contributed by atoms with Crippen LogP contribution in [0.4, 0.5) is 0 Å². The van der Waals surface area contributed by atoms with Gasteiger partial charge in [-0.3, -0.25) is 0 Å². The Balaban J connectivity index is 1.64. The Hall–Kier alpha value is -1.80. The van der Waals surface area contributed by atoms with E-state index in [1.807, 2.05) is 12.1 Å². The largest absolute Gasteiger partial charge is 0.472 e. The van der Waals surface area contributed by atoms with E-state index < -0.39 is 0 Å². The normalized spacial score (nSPS) is 19.6. The summed E-state index contributed by atoms with van der Waals surface area (Å²) >= 11 is 0. The second-order valence-corrected chi connectivity index (χ2v) is 4.62. The van der Waals surface area contributed by atoms with Crippen LogP contribution in [0.3, 0.4) is 0 Å². The monoisotopic (exact) mass is 240 g/mol. The lowest BCUT2D eigenvalue weighted by Gasteiger charge is -2.22. The molecule has 1 unspecified atom stereocenters. The fraction of sp³-hybridized carbons (Fsp3) is 0.250. The lowest BCUT2D eigenvalue weighted by Crippen LogP contribution is -2.12. The molecule has 0 amide bonds. The SMILES string of the molecule is C1=C(Cc2ccccc2)COC(c2ccoc2)C1. The Morgan fingerprint density at radius 3 is 2.67 bits per heavy atom. The second-order valence-electron chi connectivity index (χ2n) is 4.62. The van der Waals surface area contributed by atoms with E-state index in [0.717, 1.165) is 18.4 Å². The van der Waals surface area contributed by atoms with E-state index in [1.165, 1.54) is 11.1 Å². The summed E-state index contributed by atoms with van der Waals surface area (Å²) in [5, 5.41) is 0.